The maximum absolute atomic E-state index is 15.0. The van der Waals surface area contributed by atoms with Crippen molar-refractivity contribution < 1.29 is 106 Å². The number of sulfone groups is 2. The predicted molar refractivity (Wildman–Crippen MR) is 271 cm³/mol. The summed E-state index contributed by atoms with van der Waals surface area (Å²) in [5, 5.41) is 0. The maximum atomic E-state index is 15.0. The predicted octanol–water partition coefficient (Wildman–Crippen LogP) is 14.8. The number of alkyl halides is 12. The molecule has 8 rings (SSSR count). The molecule has 0 saturated carbocycles. The van der Waals surface area contributed by atoms with E-state index in [1.54, 1.807) is 0 Å². The minimum absolute atomic E-state index is 0.00924. The SMILES string of the molecule is COc1ccc(C(c2ccc(Oc3ccc(S(=O)(=O)c4ccc(Oc5ccc(C(c6ccc(Oc7ccc(S(=O)(=O)c8ccc(OC)cc8)cc7)cc6)(C(F)(F)F)C(F)(F)F)cc5)cc4)cc3S(=O)(=O)O)cc2)(C(F)(F)F)C(F)(F)F)cc1. The third kappa shape index (κ3) is 11.6. The molecule has 0 radical (unpaired) electrons. The summed E-state index contributed by atoms with van der Waals surface area (Å²) in [7, 11) is -11.6. The Hall–Kier alpha value is -8.27. The molecule has 0 heterocycles. The van der Waals surface area contributed by atoms with E-state index in [1.165, 1.54) is 55.6 Å². The standard InChI is InChI=1S/C56H38F12O12S3/c1-76-38-11-3-34(4-12-38)51(53(57,58)59,54(60,61)62)37-9-17-44(18-10-37)80-49-32-31-48(33-50(49)83(73,74)75)82(71,72)47-29-23-43(24-30-47)79-41-15-7-36(8-16-41)52(55(63,64)65,56(66,67)68)35-5-13-40(14-6-35)78-42-21-27-46(28-22-42)81(69,70)45-25-19-39(77-2)20-26-45/h3-33H,1-2H3,(H,73,74,75). The molecule has 0 aliphatic carbocycles. The third-order valence-corrected chi connectivity index (χ3v) is 17.4. The van der Waals surface area contributed by atoms with Gasteiger partial charge < -0.3 is 23.7 Å². The van der Waals surface area contributed by atoms with Crippen molar-refractivity contribution in [3.05, 3.63) is 210 Å². The zero-order chi connectivity index (χ0) is 60.8. The Morgan fingerprint density at radius 2 is 0.542 bits per heavy atom. The minimum Gasteiger partial charge on any atom is -0.497 e. The first-order valence-corrected chi connectivity index (χ1v) is 27.8. The Kier molecular flexibility index (Phi) is 16.2. The number of hydrogen-bond acceptors (Lipinski definition) is 11. The lowest BCUT2D eigenvalue weighted by atomic mass is 9.73. The summed E-state index contributed by atoms with van der Waals surface area (Å²) in [6.45, 7) is 0. The molecule has 12 nitrogen and oxygen atoms in total. The Morgan fingerprint density at radius 1 is 0.313 bits per heavy atom. The van der Waals surface area contributed by atoms with Crippen LogP contribution >= 0.6 is 0 Å². The molecule has 8 aromatic rings. The first-order chi connectivity index (χ1) is 38.7. The van der Waals surface area contributed by atoms with Crippen molar-refractivity contribution in [1.82, 2.24) is 0 Å². The fourth-order valence-electron chi connectivity index (χ4n) is 8.87. The smallest absolute Gasteiger partial charge is 0.411 e. The van der Waals surface area contributed by atoms with E-state index in [-0.39, 0.29) is 38.5 Å². The van der Waals surface area contributed by atoms with Gasteiger partial charge in [-0.05, 0) is 162 Å². The lowest BCUT2D eigenvalue weighted by molar-refractivity contribution is -0.290. The van der Waals surface area contributed by atoms with Crippen LogP contribution in [0.25, 0.3) is 0 Å². The highest BCUT2D eigenvalue weighted by atomic mass is 32.2. The molecular weight excluding hydrogens is 1190 g/mol. The highest BCUT2D eigenvalue weighted by Crippen LogP contribution is 2.58. The second-order valence-electron chi connectivity index (χ2n) is 17.8. The van der Waals surface area contributed by atoms with Gasteiger partial charge in [-0.15, -0.1) is 0 Å². The average Bonchev–Trinajstić information content (AvgIpc) is 2.25. The molecule has 0 aliphatic rings. The van der Waals surface area contributed by atoms with Crippen LogP contribution in [-0.2, 0) is 40.6 Å². The fourth-order valence-corrected chi connectivity index (χ4v) is 12.1. The monoisotopic (exact) mass is 1230 g/mol. The van der Waals surface area contributed by atoms with Gasteiger partial charge in [-0.25, -0.2) is 16.8 Å². The van der Waals surface area contributed by atoms with Gasteiger partial charge in [-0.1, -0.05) is 48.5 Å². The molecule has 0 bridgehead atoms. The third-order valence-electron chi connectivity index (χ3n) is 12.9. The zero-order valence-corrected chi connectivity index (χ0v) is 44.5. The molecule has 0 saturated heterocycles. The number of methoxy groups -OCH3 is 2. The van der Waals surface area contributed by atoms with Gasteiger partial charge in [0.05, 0.1) is 33.8 Å². The normalized spacial score (nSPS) is 13.0. The molecular formula is C56H38F12O12S3. The Labute approximate surface area is 464 Å². The quantitative estimate of drug-likeness (QED) is 0.0677. The lowest BCUT2D eigenvalue weighted by Gasteiger charge is -2.38. The summed E-state index contributed by atoms with van der Waals surface area (Å²) in [6.07, 6.45) is -24.0. The van der Waals surface area contributed by atoms with Crippen LogP contribution in [0.15, 0.2) is 213 Å². The second kappa shape index (κ2) is 22.1. The minimum atomic E-state index is -6.01. The van der Waals surface area contributed by atoms with Gasteiger partial charge in [-0.2, -0.15) is 61.1 Å². The molecule has 436 valence electrons. The van der Waals surface area contributed by atoms with Crippen LogP contribution in [0, 0.1) is 0 Å². The van der Waals surface area contributed by atoms with E-state index in [0.717, 1.165) is 79.9 Å². The Morgan fingerprint density at radius 3 is 0.807 bits per heavy atom. The van der Waals surface area contributed by atoms with Gasteiger partial charge in [0, 0.05) is 0 Å². The molecule has 0 aromatic heterocycles. The average molecular weight is 1230 g/mol. The summed E-state index contributed by atoms with van der Waals surface area (Å²) in [4.78, 5) is -2.78. The van der Waals surface area contributed by atoms with Gasteiger partial charge in [0.15, 0.2) is 0 Å². The summed E-state index contributed by atoms with van der Waals surface area (Å²) in [5.74, 6) is -1.76. The van der Waals surface area contributed by atoms with Gasteiger partial charge in [0.25, 0.3) is 10.1 Å². The van der Waals surface area contributed by atoms with E-state index in [9.17, 15) is 56.1 Å². The van der Waals surface area contributed by atoms with Crippen molar-refractivity contribution in [2.45, 2.75) is 60.0 Å². The lowest BCUT2D eigenvalue weighted by Crippen LogP contribution is -2.54. The van der Waals surface area contributed by atoms with Crippen LogP contribution in [0.1, 0.15) is 22.3 Å². The van der Waals surface area contributed by atoms with Crippen molar-refractivity contribution in [2.75, 3.05) is 14.2 Å². The highest BCUT2D eigenvalue weighted by molar-refractivity contribution is 7.92. The molecule has 8 aromatic carbocycles. The molecule has 0 spiro atoms. The van der Waals surface area contributed by atoms with E-state index in [1.807, 2.05) is 0 Å². The fraction of sp³-hybridized carbons (Fsp3) is 0.143. The molecule has 27 heteroatoms. The van der Waals surface area contributed by atoms with E-state index in [2.05, 4.69) is 0 Å². The molecule has 0 aliphatic heterocycles. The van der Waals surface area contributed by atoms with Gasteiger partial charge in [-0.3, -0.25) is 4.55 Å². The second-order valence-corrected chi connectivity index (χ2v) is 23.1. The molecule has 0 amide bonds. The molecule has 0 fully saturated rings. The molecule has 1 N–H and O–H groups in total. The van der Waals surface area contributed by atoms with Crippen LogP contribution in [0.5, 0.6) is 46.0 Å². The van der Waals surface area contributed by atoms with Gasteiger partial charge >= 0.3 is 24.7 Å². The van der Waals surface area contributed by atoms with Crippen molar-refractivity contribution >= 4 is 29.8 Å². The van der Waals surface area contributed by atoms with Crippen molar-refractivity contribution in [3.63, 3.8) is 0 Å². The highest BCUT2D eigenvalue weighted by Gasteiger charge is 2.73. The summed E-state index contributed by atoms with van der Waals surface area (Å²) in [5.41, 5.74) is -14.3. The van der Waals surface area contributed by atoms with Crippen LogP contribution in [-0.4, -0.2) is 68.7 Å². The molecule has 0 atom stereocenters. The summed E-state index contributed by atoms with van der Waals surface area (Å²) < 4.78 is 294. The van der Waals surface area contributed by atoms with Crippen LogP contribution in [0.3, 0.4) is 0 Å². The van der Waals surface area contributed by atoms with Gasteiger partial charge in [0.2, 0.25) is 30.5 Å². The zero-order valence-electron chi connectivity index (χ0n) is 42.1. The van der Waals surface area contributed by atoms with Crippen LogP contribution in [0.4, 0.5) is 52.7 Å². The number of hydrogen-bond donors (Lipinski definition) is 1. The number of rotatable bonds is 17. The maximum Gasteiger partial charge on any atom is 0.411 e. The number of ether oxygens (including phenoxy) is 5. The first kappa shape index (κ1) is 60.8. The topological polar surface area (TPSA) is 169 Å². The Bertz CT molecular complexity index is 3940. The largest absolute Gasteiger partial charge is 0.497 e. The molecule has 0 unspecified atom stereocenters. The van der Waals surface area contributed by atoms with E-state index in [4.69, 9.17) is 23.7 Å². The first-order valence-electron chi connectivity index (χ1n) is 23.4. The summed E-state index contributed by atoms with van der Waals surface area (Å²) in [6, 6.07) is 26.8. The van der Waals surface area contributed by atoms with E-state index >= 15 is 26.3 Å². The van der Waals surface area contributed by atoms with Gasteiger partial charge in [0.1, 0.15) is 50.9 Å². The van der Waals surface area contributed by atoms with Crippen molar-refractivity contribution in [2.24, 2.45) is 0 Å². The molecule has 83 heavy (non-hydrogen) atoms. The Balaban J connectivity index is 0.989. The van der Waals surface area contributed by atoms with Crippen molar-refractivity contribution in [1.29, 1.82) is 0 Å². The number of benzene rings is 8. The number of halogens is 12. The van der Waals surface area contributed by atoms with Crippen LogP contribution in [0.2, 0.25) is 0 Å². The van der Waals surface area contributed by atoms with E-state index in [0.29, 0.717) is 72.5 Å². The van der Waals surface area contributed by atoms with E-state index < -0.39 is 114 Å². The van der Waals surface area contributed by atoms with Crippen LogP contribution < -0.4 is 23.7 Å². The van der Waals surface area contributed by atoms with Crippen molar-refractivity contribution in [3.8, 4) is 46.0 Å². The summed E-state index contributed by atoms with van der Waals surface area (Å²) >= 11 is 0.